The van der Waals surface area contributed by atoms with Gasteiger partial charge in [-0.1, -0.05) is 18.2 Å². The number of hydrogen-bond acceptors (Lipinski definition) is 5. The number of benzene rings is 1. The highest BCUT2D eigenvalue weighted by atomic mass is 31.2. The summed E-state index contributed by atoms with van der Waals surface area (Å²) in [7, 11) is -1.21. The molecule has 0 saturated heterocycles. The second kappa shape index (κ2) is 5.77. The summed E-state index contributed by atoms with van der Waals surface area (Å²) in [5.41, 5.74) is -0.0104. The van der Waals surface area contributed by atoms with Crippen molar-refractivity contribution in [2.75, 3.05) is 14.2 Å². The lowest BCUT2D eigenvalue weighted by Crippen LogP contribution is -2.06. The second-order valence-corrected chi connectivity index (χ2v) is 5.24. The molecule has 0 radical (unpaired) electrons. The van der Waals surface area contributed by atoms with E-state index in [1.807, 2.05) is 0 Å². The smallest absolute Gasteiger partial charge is 0.395 e. The second-order valence-electron chi connectivity index (χ2n) is 3.01. The van der Waals surface area contributed by atoms with E-state index in [0.29, 0.717) is 5.56 Å². The number of rotatable bonds is 5. The predicted octanol–water partition coefficient (Wildman–Crippen LogP) is 2.80. The molecule has 0 saturated carbocycles. The number of ether oxygens (including phenoxy) is 1. The van der Waals surface area contributed by atoms with Crippen molar-refractivity contribution >= 4 is 13.6 Å². The lowest BCUT2D eigenvalue weighted by Gasteiger charge is -2.15. The predicted molar refractivity (Wildman–Crippen MR) is 62.6 cm³/mol. The van der Waals surface area contributed by atoms with Crippen LogP contribution in [-0.4, -0.2) is 20.2 Å². The van der Waals surface area contributed by atoms with Crippen molar-refractivity contribution in [1.82, 2.24) is 0 Å². The Morgan fingerprint density at radius 3 is 2.18 bits per heavy atom. The van der Waals surface area contributed by atoms with Crippen LogP contribution in [0.3, 0.4) is 0 Å². The summed E-state index contributed by atoms with van der Waals surface area (Å²) in [6.45, 7) is 3.38. The van der Waals surface area contributed by atoms with Gasteiger partial charge < -0.3 is 13.8 Å². The monoisotopic (exact) mass is 257 g/mol. The van der Waals surface area contributed by atoms with E-state index in [4.69, 9.17) is 4.74 Å². The van der Waals surface area contributed by atoms with Crippen molar-refractivity contribution in [3.8, 4) is 0 Å². The Balaban J connectivity index is 2.77. The Hall–Kier alpha value is -1.42. The molecule has 0 aromatic heterocycles. The maximum absolute atomic E-state index is 11.8. The van der Waals surface area contributed by atoms with Crippen LogP contribution in [0.4, 0.5) is 0 Å². The Morgan fingerprint density at radius 2 is 1.71 bits per heavy atom. The van der Waals surface area contributed by atoms with Crippen LogP contribution in [0, 0.1) is 0 Å². The van der Waals surface area contributed by atoms with Gasteiger partial charge in [0, 0.05) is 14.2 Å². The minimum atomic E-state index is -3.58. The molecule has 6 heteroatoms. The van der Waals surface area contributed by atoms with Gasteiger partial charge in [-0.25, -0.2) is 4.79 Å². The maximum Gasteiger partial charge on any atom is 0.395 e. The van der Waals surface area contributed by atoms with E-state index >= 15 is 0 Å². The van der Waals surface area contributed by atoms with Crippen molar-refractivity contribution < 1.29 is 23.1 Å². The zero-order valence-electron chi connectivity index (χ0n) is 9.58. The first-order chi connectivity index (χ1) is 8.03. The van der Waals surface area contributed by atoms with Gasteiger partial charge in [0.1, 0.15) is 0 Å². The summed E-state index contributed by atoms with van der Waals surface area (Å²) in [5.74, 6) is -0.662. The van der Waals surface area contributed by atoms with Crippen LogP contribution in [0.2, 0.25) is 0 Å². The Kier molecular flexibility index (Phi) is 4.63. The van der Waals surface area contributed by atoms with Gasteiger partial charge in [0.05, 0.1) is 5.56 Å². The van der Waals surface area contributed by atoms with Gasteiger partial charge in [-0.05, 0) is 18.7 Å². The van der Waals surface area contributed by atoms with Crippen LogP contribution >= 0.6 is 7.60 Å². The summed E-state index contributed by atoms with van der Waals surface area (Å²) in [5, 5.41) is 0. The van der Waals surface area contributed by atoms with Gasteiger partial charge in [-0.3, -0.25) is 4.57 Å². The Morgan fingerprint density at radius 1 is 1.18 bits per heavy atom. The zero-order chi connectivity index (χ0) is 12.9. The first-order valence-electron chi connectivity index (χ1n) is 4.71. The molecule has 17 heavy (non-hydrogen) atoms. The Labute approximate surface area is 99.5 Å². The van der Waals surface area contributed by atoms with E-state index in [1.54, 1.807) is 30.3 Å². The van der Waals surface area contributed by atoms with E-state index in [-0.39, 0.29) is 5.50 Å². The first-order valence-corrected chi connectivity index (χ1v) is 6.26. The molecular weight excluding hydrogens is 244 g/mol. The number of esters is 1. The van der Waals surface area contributed by atoms with Gasteiger partial charge in [0.2, 0.25) is 5.50 Å². The Bertz CT molecular complexity index is 446. The van der Waals surface area contributed by atoms with Crippen LogP contribution in [0.1, 0.15) is 10.4 Å². The fourth-order valence-corrected chi connectivity index (χ4v) is 1.83. The van der Waals surface area contributed by atoms with E-state index in [1.165, 1.54) is 14.2 Å². The van der Waals surface area contributed by atoms with Crippen molar-refractivity contribution in [3.05, 3.63) is 48.0 Å². The van der Waals surface area contributed by atoms with Gasteiger partial charge >= 0.3 is 13.6 Å². The van der Waals surface area contributed by atoms with Crippen LogP contribution < -0.4 is 0 Å². The standard InChI is InChI=1S/C11H13O5P/c1-9(17(13,14-2)15-3)16-11(12)10-7-5-4-6-8-10/h4-8H,1H2,2-3H3/i9+1. The van der Waals surface area contributed by atoms with E-state index in [9.17, 15) is 9.36 Å². The number of hydrogen-bond donors (Lipinski definition) is 0. The molecule has 0 aliphatic rings. The lowest BCUT2D eigenvalue weighted by atomic mass is 10.2. The normalized spacial score (nSPS) is 10.9. The fourth-order valence-electron chi connectivity index (χ4n) is 1.07. The van der Waals surface area contributed by atoms with Crippen molar-refractivity contribution in [1.29, 1.82) is 0 Å². The fraction of sp³-hybridized carbons (Fsp3) is 0.182. The van der Waals surface area contributed by atoms with Gasteiger partial charge in [-0.15, -0.1) is 0 Å². The highest BCUT2D eigenvalue weighted by Crippen LogP contribution is 2.54. The third-order valence-electron chi connectivity index (χ3n) is 2.01. The molecule has 1 rings (SSSR count). The summed E-state index contributed by atoms with van der Waals surface area (Å²) < 4.78 is 25.9. The molecule has 0 bridgehead atoms. The third-order valence-corrected chi connectivity index (χ3v) is 3.67. The van der Waals surface area contributed by atoms with Crippen LogP contribution in [0.5, 0.6) is 0 Å². The van der Waals surface area contributed by atoms with Crippen LogP contribution in [-0.2, 0) is 18.3 Å². The quantitative estimate of drug-likeness (QED) is 0.351. The number of carbonyl (C=O) groups excluding carboxylic acids is 1. The zero-order valence-corrected chi connectivity index (χ0v) is 10.5. The first kappa shape index (κ1) is 13.6. The summed E-state index contributed by atoms with van der Waals surface area (Å²) in [6, 6.07) is 8.28. The minimum Gasteiger partial charge on any atom is -0.415 e. The molecule has 92 valence electrons. The van der Waals surface area contributed by atoms with E-state index in [0.717, 1.165) is 0 Å². The van der Waals surface area contributed by atoms with Gasteiger partial charge in [-0.2, -0.15) is 0 Å². The third kappa shape index (κ3) is 3.27. The molecule has 0 aliphatic heterocycles. The van der Waals surface area contributed by atoms with E-state index < -0.39 is 13.6 Å². The highest BCUT2D eigenvalue weighted by molar-refractivity contribution is 7.58. The summed E-state index contributed by atoms with van der Waals surface area (Å²) >= 11 is 0. The van der Waals surface area contributed by atoms with Crippen LogP contribution in [0.25, 0.3) is 0 Å². The molecule has 0 amide bonds. The number of carbonyl (C=O) groups is 1. The maximum atomic E-state index is 11.8. The molecule has 1 aromatic rings. The SMILES string of the molecule is C=[13C](OC(=O)c1ccccc1)P(=O)(OC)OC. The minimum absolute atomic E-state index is 0.326. The van der Waals surface area contributed by atoms with Crippen molar-refractivity contribution in [2.24, 2.45) is 0 Å². The molecular formula is C11H13O5P. The molecule has 0 N–H and O–H groups in total. The molecule has 0 atom stereocenters. The molecule has 0 aliphatic carbocycles. The van der Waals surface area contributed by atoms with Crippen LogP contribution in [0.15, 0.2) is 42.4 Å². The van der Waals surface area contributed by atoms with Crippen molar-refractivity contribution in [3.63, 3.8) is 0 Å². The molecule has 5 nitrogen and oxygen atoms in total. The topological polar surface area (TPSA) is 61.8 Å². The molecule has 1 aromatic carbocycles. The average Bonchev–Trinajstić information content (AvgIpc) is 2.38. The van der Waals surface area contributed by atoms with Gasteiger partial charge in [0.25, 0.3) is 0 Å². The van der Waals surface area contributed by atoms with E-state index in [2.05, 4.69) is 15.6 Å². The average molecular weight is 257 g/mol. The molecule has 0 heterocycles. The highest BCUT2D eigenvalue weighted by Gasteiger charge is 2.30. The molecule has 0 unspecified atom stereocenters. The largest absolute Gasteiger partial charge is 0.415 e. The van der Waals surface area contributed by atoms with Crippen molar-refractivity contribution in [2.45, 2.75) is 0 Å². The molecule has 0 spiro atoms. The van der Waals surface area contributed by atoms with Gasteiger partial charge in [0.15, 0.2) is 0 Å². The summed E-state index contributed by atoms with van der Waals surface area (Å²) in [4.78, 5) is 11.6. The summed E-state index contributed by atoms with van der Waals surface area (Å²) in [6.07, 6.45) is 0. The lowest BCUT2D eigenvalue weighted by molar-refractivity contribution is 0.0633. The molecule has 0 fully saturated rings.